The molecule has 34 heavy (non-hydrogen) atoms. The molecular weight excluding hydrogens is 429 g/mol. The molecule has 0 saturated carbocycles. The van der Waals surface area contributed by atoms with Gasteiger partial charge in [0.05, 0.1) is 17.1 Å². The summed E-state index contributed by atoms with van der Waals surface area (Å²) in [5, 5.41) is 4.90. The number of hydrogen-bond acceptors (Lipinski definition) is 3. The van der Waals surface area contributed by atoms with Gasteiger partial charge in [-0.05, 0) is 64.0 Å². The predicted octanol–water partition coefficient (Wildman–Crippen LogP) is 7.04. The Hall–Kier alpha value is -3.41. The second kappa shape index (κ2) is 10.7. The topological polar surface area (TPSA) is 47.4 Å². The van der Waals surface area contributed by atoms with Gasteiger partial charge in [-0.15, -0.1) is 0 Å². The average Bonchev–Trinajstić information content (AvgIpc) is 3.17. The summed E-state index contributed by atoms with van der Waals surface area (Å²) in [6, 6.07) is 16.5. The van der Waals surface area contributed by atoms with Crippen LogP contribution in [0.2, 0.25) is 0 Å². The van der Waals surface area contributed by atoms with Crippen LogP contribution in [-0.4, -0.2) is 39.5 Å². The minimum Gasteiger partial charge on any atom is -0.444 e. The molecule has 3 aromatic rings. The van der Waals surface area contributed by atoms with Gasteiger partial charge in [0.2, 0.25) is 0 Å². The highest BCUT2D eigenvalue weighted by Gasteiger charge is 2.27. The monoisotopic (exact) mass is 463 g/mol. The Morgan fingerprint density at radius 2 is 1.68 bits per heavy atom. The molecule has 180 valence electrons. The summed E-state index contributed by atoms with van der Waals surface area (Å²) in [5.41, 5.74) is 4.38. The number of aromatic nitrogens is 2. The van der Waals surface area contributed by atoms with E-state index in [9.17, 15) is 9.18 Å². The molecule has 0 bridgehead atoms. The first-order valence-electron chi connectivity index (χ1n) is 11.8. The normalized spacial score (nSPS) is 13.6. The largest absolute Gasteiger partial charge is 0.444 e. The Labute approximate surface area is 201 Å². The van der Waals surface area contributed by atoms with Crippen molar-refractivity contribution in [2.75, 3.05) is 13.1 Å². The molecule has 0 spiro atoms. The number of para-hydroxylation sites is 1. The molecule has 1 aliphatic rings. The molecule has 0 atom stereocenters. The summed E-state index contributed by atoms with van der Waals surface area (Å²) in [6.07, 6.45) is 2.36. The van der Waals surface area contributed by atoms with Crippen molar-refractivity contribution < 1.29 is 13.9 Å². The van der Waals surface area contributed by atoms with Gasteiger partial charge in [0.1, 0.15) is 11.4 Å². The summed E-state index contributed by atoms with van der Waals surface area (Å²) in [5.74, 6) is -0.284. The van der Waals surface area contributed by atoms with Gasteiger partial charge in [0, 0.05) is 24.2 Å². The molecule has 2 aromatic carbocycles. The molecule has 0 aliphatic carbocycles. The van der Waals surface area contributed by atoms with E-state index < -0.39 is 5.60 Å². The van der Waals surface area contributed by atoms with E-state index in [1.807, 2.05) is 88.7 Å². The number of hydrogen-bond donors (Lipinski definition) is 0. The highest BCUT2D eigenvalue weighted by atomic mass is 19.1. The highest BCUT2D eigenvalue weighted by Crippen LogP contribution is 2.35. The van der Waals surface area contributed by atoms with Gasteiger partial charge in [-0.2, -0.15) is 5.10 Å². The van der Waals surface area contributed by atoms with E-state index in [1.165, 1.54) is 6.07 Å². The van der Waals surface area contributed by atoms with Crippen LogP contribution in [0.25, 0.3) is 22.5 Å². The van der Waals surface area contributed by atoms with Crippen LogP contribution in [0.1, 0.15) is 52.3 Å². The Kier molecular flexibility index (Phi) is 7.92. The Morgan fingerprint density at radius 1 is 1.03 bits per heavy atom. The van der Waals surface area contributed by atoms with Crippen LogP contribution < -0.4 is 0 Å². The van der Waals surface area contributed by atoms with E-state index in [2.05, 4.69) is 0 Å². The van der Waals surface area contributed by atoms with Crippen molar-refractivity contribution >= 4 is 11.7 Å². The molecule has 4 rings (SSSR count). The van der Waals surface area contributed by atoms with Crippen molar-refractivity contribution in [2.24, 2.45) is 0 Å². The summed E-state index contributed by atoms with van der Waals surface area (Å²) in [6.45, 7) is 12.6. The number of rotatable bonds is 3. The third kappa shape index (κ3) is 5.56. The fourth-order valence-corrected chi connectivity index (χ4v) is 3.90. The van der Waals surface area contributed by atoms with E-state index in [1.54, 1.807) is 17.0 Å². The number of amides is 1. The quantitative estimate of drug-likeness (QED) is 0.419. The maximum atomic E-state index is 14.8. The smallest absolute Gasteiger partial charge is 0.410 e. The summed E-state index contributed by atoms with van der Waals surface area (Å²) >= 11 is 0. The van der Waals surface area contributed by atoms with Gasteiger partial charge in [0.15, 0.2) is 0 Å². The number of carbonyl (C=O) groups is 1. The Bertz CT molecular complexity index is 1160. The van der Waals surface area contributed by atoms with Crippen molar-refractivity contribution in [2.45, 2.75) is 53.6 Å². The van der Waals surface area contributed by atoms with Crippen LogP contribution in [0.3, 0.4) is 0 Å². The van der Waals surface area contributed by atoms with E-state index >= 15 is 0 Å². The number of ether oxygens (including phenoxy) is 1. The zero-order valence-corrected chi connectivity index (χ0v) is 20.9. The molecule has 2 heterocycles. The summed E-state index contributed by atoms with van der Waals surface area (Å²) in [4.78, 5) is 14.1. The lowest BCUT2D eigenvalue weighted by Crippen LogP contribution is -2.39. The molecule has 5 nitrogen and oxygen atoms in total. The van der Waals surface area contributed by atoms with Crippen LogP contribution in [0.4, 0.5) is 9.18 Å². The van der Waals surface area contributed by atoms with Gasteiger partial charge in [0.25, 0.3) is 0 Å². The zero-order chi connectivity index (χ0) is 24.9. The molecular formula is C28H34FN3O2. The molecule has 0 N–H and O–H groups in total. The number of nitrogens with zero attached hydrogens (tertiary/aromatic N) is 3. The molecule has 0 fully saturated rings. The Morgan fingerprint density at radius 3 is 2.26 bits per heavy atom. The average molecular weight is 464 g/mol. The molecule has 0 unspecified atom stereocenters. The van der Waals surface area contributed by atoms with Gasteiger partial charge in [-0.25, -0.2) is 13.9 Å². The van der Waals surface area contributed by atoms with Gasteiger partial charge in [-0.3, -0.25) is 0 Å². The predicted molar refractivity (Wildman–Crippen MR) is 135 cm³/mol. The SMILES string of the molecule is CC.Cc1c(C2=CCN(C(=O)OC(C)(C)C)CC2)nn(-c2ccccc2)c1-c1ccccc1F. The van der Waals surface area contributed by atoms with Crippen molar-refractivity contribution in [3.05, 3.63) is 77.7 Å². The lowest BCUT2D eigenvalue weighted by molar-refractivity contribution is 0.0270. The second-order valence-corrected chi connectivity index (χ2v) is 8.96. The third-order valence-corrected chi connectivity index (χ3v) is 5.42. The number of halogens is 1. The Balaban J connectivity index is 0.00000158. The zero-order valence-electron chi connectivity index (χ0n) is 20.9. The van der Waals surface area contributed by atoms with Crippen molar-refractivity contribution in [3.8, 4) is 16.9 Å². The fraction of sp³-hybridized carbons (Fsp3) is 0.357. The van der Waals surface area contributed by atoms with Crippen molar-refractivity contribution in [3.63, 3.8) is 0 Å². The standard InChI is InChI=1S/C26H28FN3O2.C2H6/c1-18-23(19-14-16-29(17-15-19)25(31)32-26(2,3)4)28-30(20-10-6-5-7-11-20)24(18)21-12-8-9-13-22(21)27;1-2/h5-14H,15-17H2,1-4H3;1-2H3. The van der Waals surface area contributed by atoms with Gasteiger partial charge in [-0.1, -0.05) is 50.3 Å². The number of benzene rings is 2. The second-order valence-electron chi connectivity index (χ2n) is 8.96. The third-order valence-electron chi connectivity index (χ3n) is 5.42. The van der Waals surface area contributed by atoms with Crippen LogP contribution >= 0.6 is 0 Å². The molecule has 0 saturated heterocycles. The lowest BCUT2D eigenvalue weighted by atomic mass is 9.99. The molecule has 1 aliphatic heterocycles. The number of carbonyl (C=O) groups excluding carboxylic acids is 1. The van der Waals surface area contributed by atoms with Crippen LogP contribution in [-0.2, 0) is 4.74 Å². The highest BCUT2D eigenvalue weighted by molar-refractivity contribution is 5.77. The van der Waals surface area contributed by atoms with E-state index in [0.29, 0.717) is 25.1 Å². The molecule has 6 heteroatoms. The molecule has 1 aromatic heterocycles. The lowest BCUT2D eigenvalue weighted by Gasteiger charge is -2.29. The molecule has 0 radical (unpaired) electrons. The fourth-order valence-electron chi connectivity index (χ4n) is 3.90. The first kappa shape index (κ1) is 25.2. The van der Waals surface area contributed by atoms with Crippen LogP contribution in [0.15, 0.2) is 60.7 Å². The minimum absolute atomic E-state index is 0.284. The van der Waals surface area contributed by atoms with Crippen LogP contribution in [0, 0.1) is 12.7 Å². The van der Waals surface area contributed by atoms with Gasteiger partial charge < -0.3 is 9.64 Å². The minimum atomic E-state index is -0.527. The van der Waals surface area contributed by atoms with E-state index in [4.69, 9.17) is 9.84 Å². The van der Waals surface area contributed by atoms with Crippen molar-refractivity contribution in [1.82, 2.24) is 14.7 Å². The summed E-state index contributed by atoms with van der Waals surface area (Å²) in [7, 11) is 0. The van der Waals surface area contributed by atoms with E-state index in [0.717, 1.165) is 28.2 Å². The first-order valence-corrected chi connectivity index (χ1v) is 11.8. The van der Waals surface area contributed by atoms with Crippen LogP contribution in [0.5, 0.6) is 0 Å². The maximum absolute atomic E-state index is 14.8. The first-order chi connectivity index (χ1) is 16.2. The summed E-state index contributed by atoms with van der Waals surface area (Å²) < 4.78 is 22.1. The van der Waals surface area contributed by atoms with Crippen molar-refractivity contribution in [1.29, 1.82) is 0 Å². The maximum Gasteiger partial charge on any atom is 0.410 e. The molecule has 1 amide bonds. The van der Waals surface area contributed by atoms with Gasteiger partial charge >= 0.3 is 6.09 Å². The van der Waals surface area contributed by atoms with E-state index in [-0.39, 0.29) is 11.9 Å².